The third-order valence-electron chi connectivity index (χ3n) is 3.65. The molecule has 110 valence electrons. The summed E-state index contributed by atoms with van der Waals surface area (Å²) < 4.78 is 5.16. The van der Waals surface area contributed by atoms with Crippen molar-refractivity contribution in [3.05, 3.63) is 30.0 Å². The van der Waals surface area contributed by atoms with Gasteiger partial charge in [0.2, 0.25) is 0 Å². The number of benzene rings is 1. The van der Waals surface area contributed by atoms with E-state index in [1.165, 1.54) is 0 Å². The van der Waals surface area contributed by atoms with E-state index in [1.807, 2.05) is 24.3 Å². The minimum atomic E-state index is -1.05. The molecule has 1 fully saturated rings. The molecule has 0 unspecified atom stereocenters. The van der Waals surface area contributed by atoms with E-state index in [1.54, 1.807) is 7.11 Å². The van der Waals surface area contributed by atoms with Crippen molar-refractivity contribution in [1.29, 1.82) is 0 Å². The van der Waals surface area contributed by atoms with Crippen LogP contribution in [0.4, 0.5) is 5.69 Å². The van der Waals surface area contributed by atoms with Crippen LogP contribution in [0.25, 0.3) is 10.9 Å². The summed E-state index contributed by atoms with van der Waals surface area (Å²) in [4.78, 5) is 13.6. The van der Waals surface area contributed by atoms with Crippen molar-refractivity contribution in [2.45, 2.75) is 18.9 Å². The second-order valence-electron chi connectivity index (χ2n) is 5.14. The van der Waals surface area contributed by atoms with Gasteiger partial charge in [-0.25, -0.2) is 4.79 Å². The fourth-order valence-electron chi connectivity index (χ4n) is 2.53. The molecule has 1 aromatic carbocycles. The van der Waals surface area contributed by atoms with Crippen LogP contribution in [0.15, 0.2) is 24.3 Å². The van der Waals surface area contributed by atoms with Crippen LogP contribution in [-0.4, -0.2) is 47.6 Å². The Hall–Kier alpha value is -2.21. The zero-order chi connectivity index (χ0) is 14.8. The second-order valence-corrected chi connectivity index (χ2v) is 5.14. The maximum absolute atomic E-state index is 11.5. The van der Waals surface area contributed by atoms with Crippen molar-refractivity contribution in [1.82, 2.24) is 10.2 Å². The Bertz CT molecular complexity index is 670. The number of hydrogen-bond acceptors (Lipinski definition) is 5. The number of carboxylic acids is 1. The number of nitrogens with zero attached hydrogens (tertiary/aromatic N) is 3. The molecule has 0 aliphatic heterocycles. The summed E-state index contributed by atoms with van der Waals surface area (Å²) in [5.41, 5.74) is 1.38. The standard InChI is InChI=1S/C15H17N3O3/c1-21-9-8-18(10-6-7-10)14-11-4-2-3-5-12(11)16-17-13(14)15(19)20/h2-5,10H,6-9H2,1H3,(H,19,20). The van der Waals surface area contributed by atoms with E-state index in [-0.39, 0.29) is 5.69 Å². The normalized spacial score (nSPS) is 14.3. The first-order chi connectivity index (χ1) is 10.2. The van der Waals surface area contributed by atoms with Gasteiger partial charge in [-0.15, -0.1) is 10.2 Å². The summed E-state index contributed by atoms with van der Waals surface area (Å²) in [7, 11) is 1.64. The van der Waals surface area contributed by atoms with Crippen molar-refractivity contribution in [2.75, 3.05) is 25.2 Å². The smallest absolute Gasteiger partial charge is 0.358 e. The molecule has 0 bridgehead atoms. The molecule has 0 radical (unpaired) electrons. The summed E-state index contributed by atoms with van der Waals surface area (Å²) in [6.07, 6.45) is 2.14. The molecular weight excluding hydrogens is 270 g/mol. The highest BCUT2D eigenvalue weighted by Gasteiger charge is 2.33. The van der Waals surface area contributed by atoms with E-state index in [0.717, 1.165) is 18.2 Å². The maximum atomic E-state index is 11.5. The minimum absolute atomic E-state index is 0.0108. The number of aromatic carboxylic acids is 1. The Labute approximate surface area is 122 Å². The molecule has 3 rings (SSSR count). The average molecular weight is 287 g/mol. The number of ether oxygens (including phenoxy) is 1. The van der Waals surface area contributed by atoms with E-state index >= 15 is 0 Å². The fourth-order valence-corrected chi connectivity index (χ4v) is 2.53. The quantitative estimate of drug-likeness (QED) is 0.875. The highest BCUT2D eigenvalue weighted by molar-refractivity contribution is 6.03. The van der Waals surface area contributed by atoms with Gasteiger partial charge < -0.3 is 14.7 Å². The third kappa shape index (κ3) is 2.67. The van der Waals surface area contributed by atoms with E-state index in [2.05, 4.69) is 15.1 Å². The van der Waals surface area contributed by atoms with Crippen LogP contribution in [0, 0.1) is 0 Å². The molecule has 0 amide bonds. The Balaban J connectivity index is 2.16. The van der Waals surface area contributed by atoms with Crippen LogP contribution in [0.2, 0.25) is 0 Å². The summed E-state index contributed by atoms with van der Waals surface area (Å²) >= 11 is 0. The summed E-state index contributed by atoms with van der Waals surface area (Å²) in [5.74, 6) is -1.05. The summed E-state index contributed by atoms with van der Waals surface area (Å²) in [6, 6.07) is 7.87. The van der Waals surface area contributed by atoms with Gasteiger partial charge in [0.15, 0.2) is 5.69 Å². The van der Waals surface area contributed by atoms with Crippen molar-refractivity contribution < 1.29 is 14.6 Å². The van der Waals surface area contributed by atoms with Crippen LogP contribution in [0.5, 0.6) is 0 Å². The monoisotopic (exact) mass is 287 g/mol. The lowest BCUT2D eigenvalue weighted by Gasteiger charge is -2.26. The maximum Gasteiger partial charge on any atom is 0.358 e. The number of carbonyl (C=O) groups is 1. The first-order valence-corrected chi connectivity index (χ1v) is 6.96. The van der Waals surface area contributed by atoms with Gasteiger partial charge in [-0.3, -0.25) is 0 Å². The molecule has 1 N–H and O–H groups in total. The molecule has 0 spiro atoms. The first-order valence-electron chi connectivity index (χ1n) is 6.96. The van der Waals surface area contributed by atoms with E-state index < -0.39 is 5.97 Å². The number of rotatable bonds is 6. The average Bonchev–Trinajstić information content (AvgIpc) is 3.32. The van der Waals surface area contributed by atoms with E-state index in [0.29, 0.717) is 30.4 Å². The lowest BCUT2D eigenvalue weighted by atomic mass is 10.1. The molecule has 0 atom stereocenters. The van der Waals surface area contributed by atoms with Crippen molar-refractivity contribution in [3.8, 4) is 0 Å². The summed E-state index contributed by atoms with van der Waals surface area (Å²) in [5, 5.41) is 18.2. The predicted octanol–water partition coefficient (Wildman–Crippen LogP) is 1.94. The van der Waals surface area contributed by atoms with Gasteiger partial charge in [0.1, 0.15) is 0 Å². The molecule has 0 saturated heterocycles. The van der Waals surface area contributed by atoms with Gasteiger partial charge in [0, 0.05) is 25.1 Å². The molecule has 1 aliphatic carbocycles. The van der Waals surface area contributed by atoms with Gasteiger partial charge in [-0.05, 0) is 18.9 Å². The number of fused-ring (bicyclic) bond motifs is 1. The Kier molecular flexibility index (Phi) is 3.70. The predicted molar refractivity (Wildman–Crippen MR) is 78.7 cm³/mol. The zero-order valence-corrected chi connectivity index (χ0v) is 11.8. The lowest BCUT2D eigenvalue weighted by molar-refractivity contribution is 0.0690. The van der Waals surface area contributed by atoms with E-state index in [4.69, 9.17) is 4.74 Å². The first kappa shape index (κ1) is 13.8. The molecule has 1 aliphatic rings. The number of aromatic nitrogens is 2. The topological polar surface area (TPSA) is 75.5 Å². The van der Waals surface area contributed by atoms with Crippen LogP contribution < -0.4 is 4.90 Å². The SMILES string of the molecule is COCCN(c1c(C(=O)O)nnc2ccccc12)C1CC1. The molecule has 1 aromatic heterocycles. The van der Waals surface area contributed by atoms with Crippen molar-refractivity contribution >= 4 is 22.6 Å². The number of anilines is 1. The van der Waals surface area contributed by atoms with Crippen LogP contribution in [0.1, 0.15) is 23.3 Å². The lowest BCUT2D eigenvalue weighted by Crippen LogP contribution is -2.31. The Morgan fingerprint density at radius 2 is 2.14 bits per heavy atom. The highest BCUT2D eigenvalue weighted by Crippen LogP contribution is 2.36. The molecule has 6 nitrogen and oxygen atoms in total. The van der Waals surface area contributed by atoms with Gasteiger partial charge >= 0.3 is 5.97 Å². The minimum Gasteiger partial charge on any atom is -0.476 e. The van der Waals surface area contributed by atoms with Crippen LogP contribution in [-0.2, 0) is 4.74 Å². The molecule has 6 heteroatoms. The van der Waals surface area contributed by atoms with Gasteiger partial charge in [0.25, 0.3) is 0 Å². The highest BCUT2D eigenvalue weighted by atomic mass is 16.5. The van der Waals surface area contributed by atoms with Gasteiger partial charge in [0.05, 0.1) is 17.8 Å². The third-order valence-corrected chi connectivity index (χ3v) is 3.65. The number of methoxy groups -OCH3 is 1. The zero-order valence-electron chi connectivity index (χ0n) is 11.8. The molecule has 1 saturated carbocycles. The van der Waals surface area contributed by atoms with Crippen molar-refractivity contribution in [3.63, 3.8) is 0 Å². The fraction of sp³-hybridized carbons (Fsp3) is 0.400. The number of hydrogen-bond donors (Lipinski definition) is 1. The van der Waals surface area contributed by atoms with Crippen molar-refractivity contribution in [2.24, 2.45) is 0 Å². The molecule has 1 heterocycles. The van der Waals surface area contributed by atoms with E-state index in [9.17, 15) is 9.90 Å². The molecule has 2 aromatic rings. The Morgan fingerprint density at radius 1 is 1.38 bits per heavy atom. The van der Waals surface area contributed by atoms with Gasteiger partial charge in [-0.1, -0.05) is 18.2 Å². The largest absolute Gasteiger partial charge is 0.476 e. The number of carboxylic acid groups (broad SMARTS) is 1. The van der Waals surface area contributed by atoms with Gasteiger partial charge in [-0.2, -0.15) is 0 Å². The summed E-state index contributed by atoms with van der Waals surface area (Å²) in [6.45, 7) is 1.20. The molecular formula is C15H17N3O3. The van der Waals surface area contributed by atoms with Crippen LogP contribution in [0.3, 0.4) is 0 Å². The molecule has 21 heavy (non-hydrogen) atoms. The Morgan fingerprint density at radius 3 is 2.81 bits per heavy atom. The van der Waals surface area contributed by atoms with Crippen LogP contribution >= 0.6 is 0 Å². The second kappa shape index (κ2) is 5.65.